The van der Waals surface area contributed by atoms with Crippen molar-refractivity contribution in [3.05, 3.63) is 58.1 Å². The maximum atomic E-state index is 11.9. The molecule has 2 fully saturated rings. The Kier molecular flexibility index (Phi) is 7.01. The second-order valence-electron chi connectivity index (χ2n) is 12.0. The molecule has 0 amide bonds. The van der Waals surface area contributed by atoms with Crippen LogP contribution in [-0.2, 0) is 26.7 Å². The van der Waals surface area contributed by atoms with Gasteiger partial charge in [0.1, 0.15) is 11.5 Å². The Balaban J connectivity index is 0.000000177. The van der Waals surface area contributed by atoms with Crippen LogP contribution >= 0.6 is 11.6 Å². The highest BCUT2D eigenvalue weighted by atomic mass is 35.5. The zero-order chi connectivity index (χ0) is 28.2. The van der Waals surface area contributed by atoms with E-state index in [2.05, 4.69) is 17.4 Å². The van der Waals surface area contributed by atoms with Crippen molar-refractivity contribution < 1.29 is 32.4 Å². The minimum atomic E-state index is -4.08. The van der Waals surface area contributed by atoms with E-state index in [-0.39, 0.29) is 28.1 Å². The number of aromatic carboxylic acids is 1. The number of carboxylic acids is 1. The van der Waals surface area contributed by atoms with Gasteiger partial charge in [-0.25, -0.2) is 4.79 Å². The molecule has 2 saturated carbocycles. The molecule has 1 spiro atoms. The second-order valence-corrected chi connectivity index (χ2v) is 13.9. The average molecular weight is 576 g/mol. The van der Waals surface area contributed by atoms with E-state index in [1.54, 1.807) is 18.2 Å². The van der Waals surface area contributed by atoms with Crippen molar-refractivity contribution in [2.75, 3.05) is 24.2 Å². The van der Waals surface area contributed by atoms with Gasteiger partial charge in [0.15, 0.2) is 0 Å². The van der Waals surface area contributed by atoms with Gasteiger partial charge in [-0.05, 0) is 84.9 Å². The molecular formula is C29H34ClNO7S. The largest absolute Gasteiger partial charge is 0.490 e. The number of fused-ring (bicyclic) bond motifs is 5. The fourth-order valence-corrected chi connectivity index (χ4v) is 8.74. The number of Topliss-reactive ketones (excluding diaryl/α,β-unsaturated/α-hetero) is 1. The fourth-order valence-electron chi connectivity index (χ4n) is 7.25. The summed E-state index contributed by atoms with van der Waals surface area (Å²) in [7, 11) is -4.08. The molecule has 3 N–H and O–H groups in total. The van der Waals surface area contributed by atoms with Crippen LogP contribution in [0.2, 0.25) is 5.02 Å². The summed E-state index contributed by atoms with van der Waals surface area (Å²) in [5.74, 6) is -0.329. The Hall–Kier alpha value is -2.62. The predicted octanol–water partition coefficient (Wildman–Crippen LogP) is 5.39. The zero-order valence-electron chi connectivity index (χ0n) is 22.1. The minimum Gasteiger partial charge on any atom is -0.490 e. The van der Waals surface area contributed by atoms with E-state index in [0.29, 0.717) is 25.2 Å². The van der Waals surface area contributed by atoms with Crippen LogP contribution < -0.4 is 10.1 Å². The number of carbonyl (C=O) groups excluding carboxylic acids is 1. The minimum absolute atomic E-state index is 0.0152. The number of halogens is 1. The molecule has 0 radical (unpaired) electrons. The number of ether oxygens (including phenoxy) is 1. The Morgan fingerprint density at radius 2 is 1.95 bits per heavy atom. The maximum absolute atomic E-state index is 11.9. The number of benzene rings is 2. The smallest absolute Gasteiger partial charge is 0.335 e. The summed E-state index contributed by atoms with van der Waals surface area (Å²) < 4.78 is 37.1. The van der Waals surface area contributed by atoms with Gasteiger partial charge in [0.25, 0.3) is 10.1 Å². The van der Waals surface area contributed by atoms with Crippen molar-refractivity contribution in [3.63, 3.8) is 0 Å². The molecule has 1 aliphatic heterocycles. The third-order valence-corrected chi connectivity index (χ3v) is 10.7. The zero-order valence-corrected chi connectivity index (χ0v) is 23.7. The summed E-state index contributed by atoms with van der Waals surface area (Å²) >= 11 is 6.15. The lowest BCUT2D eigenvalue weighted by atomic mass is 9.70. The highest BCUT2D eigenvalue weighted by Crippen LogP contribution is 2.64. The number of hydrogen-bond acceptors (Lipinski definition) is 6. The lowest BCUT2D eigenvalue weighted by molar-refractivity contribution is -0.128. The number of hydrogen-bond donors (Lipinski definition) is 3. The molecule has 2 aromatic carbocycles. The number of aryl methyl sites for hydroxylation is 1. The first kappa shape index (κ1) is 27.9. The molecule has 0 aromatic heterocycles. The van der Waals surface area contributed by atoms with Gasteiger partial charge in [0.2, 0.25) is 0 Å². The van der Waals surface area contributed by atoms with E-state index < -0.39 is 27.3 Å². The first-order valence-corrected chi connectivity index (χ1v) is 15.3. The topological polar surface area (TPSA) is 130 Å². The number of carbonyl (C=O) groups is 2. The Bertz CT molecular complexity index is 1440. The third kappa shape index (κ3) is 4.93. The van der Waals surface area contributed by atoms with E-state index in [1.807, 2.05) is 19.9 Å². The summed E-state index contributed by atoms with van der Waals surface area (Å²) in [6.45, 7) is 5.19. The highest BCUT2D eigenvalue weighted by Gasteiger charge is 2.65. The van der Waals surface area contributed by atoms with Gasteiger partial charge in [-0.3, -0.25) is 9.35 Å². The van der Waals surface area contributed by atoms with Gasteiger partial charge in [-0.1, -0.05) is 31.5 Å². The summed E-state index contributed by atoms with van der Waals surface area (Å²) in [6, 6.07) is 11.1. The highest BCUT2D eigenvalue weighted by molar-refractivity contribution is 7.85. The van der Waals surface area contributed by atoms with Crippen LogP contribution in [0.4, 0.5) is 5.69 Å². The molecule has 0 unspecified atom stereocenters. The second kappa shape index (κ2) is 9.78. The molecule has 3 aliphatic carbocycles. The van der Waals surface area contributed by atoms with E-state index >= 15 is 0 Å². The quantitative estimate of drug-likeness (QED) is 0.416. The molecule has 6 rings (SSSR count). The number of rotatable bonds is 3. The van der Waals surface area contributed by atoms with Crippen LogP contribution in [0.5, 0.6) is 5.75 Å². The maximum Gasteiger partial charge on any atom is 0.335 e. The van der Waals surface area contributed by atoms with Crippen molar-refractivity contribution in [2.45, 2.75) is 57.8 Å². The summed E-state index contributed by atoms with van der Waals surface area (Å²) in [4.78, 5) is 23.1. The molecule has 8 nitrogen and oxygen atoms in total. The van der Waals surface area contributed by atoms with Gasteiger partial charge in [0, 0.05) is 23.4 Å². The van der Waals surface area contributed by atoms with Crippen LogP contribution in [0.3, 0.4) is 0 Å². The van der Waals surface area contributed by atoms with Crippen LogP contribution in [0, 0.1) is 16.7 Å². The lowest BCUT2D eigenvalue weighted by Gasteiger charge is -2.37. The molecule has 0 saturated heterocycles. The number of ketones is 1. The summed E-state index contributed by atoms with van der Waals surface area (Å²) in [6.07, 6.45) is 5.14. The summed E-state index contributed by atoms with van der Waals surface area (Å²) in [5, 5.41) is 13.4. The van der Waals surface area contributed by atoms with Crippen molar-refractivity contribution >= 4 is 39.2 Å². The van der Waals surface area contributed by atoms with Crippen molar-refractivity contribution in [3.8, 4) is 5.75 Å². The van der Waals surface area contributed by atoms with E-state index in [9.17, 15) is 23.1 Å². The normalized spacial score (nSPS) is 28.3. The molecule has 2 bridgehead atoms. The first-order chi connectivity index (χ1) is 18.3. The van der Waals surface area contributed by atoms with Crippen molar-refractivity contribution in [1.82, 2.24) is 0 Å². The SMILES string of the molecule is CC1(C)[C@@H]2CC[C@@]1(CS(=O)(=O)O)C(=O)C2.O=C(O)c1ccc2c(c1)NC[C@@]1(CCCc3cc(Cl)ccc31)CO2. The Labute approximate surface area is 233 Å². The van der Waals surface area contributed by atoms with Gasteiger partial charge < -0.3 is 15.2 Å². The monoisotopic (exact) mass is 575 g/mol. The van der Waals surface area contributed by atoms with E-state index in [0.717, 1.165) is 42.9 Å². The van der Waals surface area contributed by atoms with E-state index in [4.69, 9.17) is 20.9 Å². The number of carboxylic acid groups (broad SMARTS) is 1. The number of nitrogens with one attached hydrogen (secondary N) is 1. The Morgan fingerprint density at radius 1 is 1.18 bits per heavy atom. The van der Waals surface area contributed by atoms with E-state index in [1.165, 1.54) is 11.1 Å². The molecule has 1 heterocycles. The van der Waals surface area contributed by atoms with Crippen molar-refractivity contribution in [2.24, 2.45) is 16.7 Å². The van der Waals surface area contributed by atoms with Crippen LogP contribution in [0.15, 0.2) is 36.4 Å². The van der Waals surface area contributed by atoms with Gasteiger partial charge >= 0.3 is 5.97 Å². The fraction of sp³-hybridized carbons (Fsp3) is 0.517. The predicted molar refractivity (Wildman–Crippen MR) is 148 cm³/mol. The average Bonchev–Trinajstić information content (AvgIpc) is 3.10. The molecule has 3 atom stereocenters. The van der Waals surface area contributed by atoms with Gasteiger partial charge in [-0.15, -0.1) is 0 Å². The standard InChI is InChI=1S/C19H18ClNO3.C10H16O4S/c20-14-4-5-15-12(8-14)2-1-7-19(15)10-21-16-9-13(18(22)23)3-6-17(16)24-11-19;1-9(2)7-3-4-10(9,8(11)5-7)6-15(12,13)14/h3-6,8-9,21H,1-2,7,10-11H2,(H,22,23);7H,3-6H2,1-2H3,(H,12,13,14)/t19-;7-,10-/m01/s1. The molecular weight excluding hydrogens is 542 g/mol. The molecule has 4 aliphatic rings. The van der Waals surface area contributed by atoms with Crippen LogP contribution in [0.25, 0.3) is 0 Å². The number of anilines is 1. The van der Waals surface area contributed by atoms with Gasteiger partial charge in [-0.2, -0.15) is 8.42 Å². The van der Waals surface area contributed by atoms with Gasteiger partial charge in [0.05, 0.1) is 29.0 Å². The molecule has 10 heteroatoms. The Morgan fingerprint density at radius 3 is 2.59 bits per heavy atom. The van der Waals surface area contributed by atoms with Crippen LogP contribution in [-0.4, -0.2) is 48.7 Å². The lowest BCUT2D eigenvalue weighted by Crippen LogP contribution is -2.42. The summed E-state index contributed by atoms with van der Waals surface area (Å²) in [5.41, 5.74) is 2.35. The first-order valence-electron chi connectivity index (χ1n) is 13.3. The van der Waals surface area contributed by atoms with Crippen molar-refractivity contribution in [1.29, 1.82) is 0 Å². The molecule has 39 heavy (non-hydrogen) atoms. The van der Waals surface area contributed by atoms with Crippen LogP contribution in [0.1, 0.15) is 67.4 Å². The molecule has 210 valence electrons. The third-order valence-electron chi connectivity index (χ3n) is 9.66. The molecule has 2 aromatic rings.